The number of piperazine rings is 1. The molecule has 0 unspecified atom stereocenters. The lowest BCUT2D eigenvalue weighted by atomic mass is 9.77. The molecule has 0 radical (unpaired) electrons. The van der Waals surface area contributed by atoms with Crippen molar-refractivity contribution in [1.29, 1.82) is 0 Å². The Morgan fingerprint density at radius 2 is 1.73 bits per heavy atom. The van der Waals surface area contributed by atoms with Gasteiger partial charge in [0.05, 0.1) is 0 Å². The molecular weight excluding hydrogens is 444 g/mol. The summed E-state index contributed by atoms with van der Waals surface area (Å²) >= 11 is 0. The lowest BCUT2D eigenvalue weighted by Crippen LogP contribution is -2.53. The summed E-state index contributed by atoms with van der Waals surface area (Å²) in [6, 6.07) is 8.64. The highest BCUT2D eigenvalue weighted by molar-refractivity contribution is 7.92. The van der Waals surface area contributed by atoms with Gasteiger partial charge in [-0.15, -0.1) is 0 Å². The molecule has 3 fully saturated rings. The van der Waals surface area contributed by atoms with Crippen LogP contribution in [0.3, 0.4) is 0 Å². The monoisotopic (exact) mass is 474 g/mol. The molecule has 2 aliphatic heterocycles. The third kappa shape index (κ3) is 4.96. The first-order valence-electron chi connectivity index (χ1n) is 11.4. The number of sulfonamides is 1. The molecule has 2 heterocycles. The number of amides is 4. The fourth-order valence-corrected chi connectivity index (χ4v) is 5.83. The summed E-state index contributed by atoms with van der Waals surface area (Å²) < 4.78 is 26.6. The highest BCUT2D eigenvalue weighted by atomic mass is 32.2. The number of nitrogens with one attached hydrogen (secondary N) is 1. The van der Waals surface area contributed by atoms with Crippen LogP contribution in [0.4, 0.5) is 4.79 Å². The number of rotatable bonds is 5. The van der Waals surface area contributed by atoms with Crippen LogP contribution in [0.15, 0.2) is 35.7 Å². The third-order valence-corrected chi connectivity index (χ3v) is 8.42. The van der Waals surface area contributed by atoms with Crippen molar-refractivity contribution in [2.45, 2.75) is 38.1 Å². The fourth-order valence-electron chi connectivity index (χ4n) is 4.66. The SMILES string of the molecule is CC1CCC2(CC1)NC(=O)N(CC(=O)N1CCN(S(=O)(=O)C=Cc3ccccc3)CC1)C2=O. The number of carbonyl (C=O) groups excluding carboxylic acids is 3. The van der Waals surface area contributed by atoms with Crippen LogP contribution in [0.1, 0.15) is 38.2 Å². The number of nitrogens with zero attached hydrogens (tertiary/aromatic N) is 3. The molecule has 3 aliphatic rings. The lowest BCUT2D eigenvalue weighted by molar-refractivity contribution is -0.140. The molecule has 4 rings (SSSR count). The highest BCUT2D eigenvalue weighted by Crippen LogP contribution is 2.36. The number of hydrogen-bond donors (Lipinski definition) is 1. The minimum Gasteiger partial charge on any atom is -0.338 e. The molecule has 1 N–H and O–H groups in total. The van der Waals surface area contributed by atoms with Gasteiger partial charge in [-0.1, -0.05) is 37.3 Å². The van der Waals surface area contributed by atoms with Gasteiger partial charge >= 0.3 is 6.03 Å². The minimum absolute atomic E-state index is 0.162. The summed E-state index contributed by atoms with van der Waals surface area (Å²) in [6.45, 7) is 2.56. The first-order valence-corrected chi connectivity index (χ1v) is 12.9. The topological polar surface area (TPSA) is 107 Å². The quantitative estimate of drug-likeness (QED) is 0.653. The summed E-state index contributed by atoms with van der Waals surface area (Å²) in [5.74, 6) is -0.150. The second-order valence-corrected chi connectivity index (χ2v) is 10.9. The van der Waals surface area contributed by atoms with Gasteiger partial charge in [0.1, 0.15) is 12.1 Å². The lowest BCUT2D eigenvalue weighted by Gasteiger charge is -2.34. The highest BCUT2D eigenvalue weighted by Gasteiger charge is 2.52. The zero-order valence-electron chi connectivity index (χ0n) is 18.8. The van der Waals surface area contributed by atoms with E-state index < -0.39 is 21.6 Å². The molecule has 1 aliphatic carbocycles. The van der Waals surface area contributed by atoms with E-state index in [1.54, 1.807) is 6.08 Å². The van der Waals surface area contributed by atoms with Crippen molar-refractivity contribution in [2.24, 2.45) is 5.92 Å². The second-order valence-electron chi connectivity index (χ2n) is 9.12. The molecule has 10 heteroatoms. The molecule has 1 aromatic rings. The molecule has 33 heavy (non-hydrogen) atoms. The first-order chi connectivity index (χ1) is 15.7. The maximum atomic E-state index is 13.0. The molecule has 1 spiro atoms. The molecule has 9 nitrogen and oxygen atoms in total. The molecule has 1 saturated carbocycles. The molecule has 4 amide bonds. The second kappa shape index (κ2) is 9.26. The van der Waals surface area contributed by atoms with Crippen molar-refractivity contribution >= 4 is 33.9 Å². The van der Waals surface area contributed by atoms with Gasteiger partial charge in [0.25, 0.3) is 5.91 Å². The van der Waals surface area contributed by atoms with E-state index in [0.29, 0.717) is 18.8 Å². The number of carbonyl (C=O) groups is 3. The molecule has 0 aromatic heterocycles. The van der Waals surface area contributed by atoms with E-state index in [1.807, 2.05) is 30.3 Å². The van der Waals surface area contributed by atoms with Crippen molar-refractivity contribution in [1.82, 2.24) is 19.4 Å². The van der Waals surface area contributed by atoms with Gasteiger partial charge in [-0.25, -0.2) is 13.2 Å². The number of imide groups is 1. The molecule has 2 saturated heterocycles. The Bertz CT molecular complexity index is 1040. The summed E-state index contributed by atoms with van der Waals surface area (Å²) in [4.78, 5) is 40.8. The van der Waals surface area contributed by atoms with E-state index in [1.165, 1.54) is 14.6 Å². The van der Waals surface area contributed by atoms with Crippen LogP contribution >= 0.6 is 0 Å². The summed E-state index contributed by atoms with van der Waals surface area (Å²) in [5, 5.41) is 4.00. The summed E-state index contributed by atoms with van der Waals surface area (Å²) in [5.41, 5.74) is -0.0875. The number of hydrogen-bond acceptors (Lipinski definition) is 5. The standard InChI is InChI=1S/C23H30N4O5S/c1-18-7-10-23(11-8-18)21(29)27(22(30)24-23)17-20(28)25-12-14-26(15-13-25)33(31,32)16-9-19-5-3-2-4-6-19/h2-6,9,16,18H,7-8,10-15,17H2,1H3,(H,24,30). The van der Waals surface area contributed by atoms with Crippen molar-refractivity contribution in [2.75, 3.05) is 32.7 Å². The molecule has 0 bridgehead atoms. The van der Waals surface area contributed by atoms with Gasteiger partial charge in [-0.3, -0.25) is 14.5 Å². The molecule has 178 valence electrons. The van der Waals surface area contributed by atoms with Gasteiger partial charge in [-0.2, -0.15) is 4.31 Å². The van der Waals surface area contributed by atoms with Crippen molar-refractivity contribution in [3.63, 3.8) is 0 Å². The van der Waals surface area contributed by atoms with Crippen molar-refractivity contribution < 1.29 is 22.8 Å². The zero-order valence-corrected chi connectivity index (χ0v) is 19.6. The van der Waals surface area contributed by atoms with Gasteiger partial charge in [0, 0.05) is 31.6 Å². The van der Waals surface area contributed by atoms with E-state index in [-0.39, 0.29) is 44.5 Å². The van der Waals surface area contributed by atoms with Gasteiger partial charge in [0.15, 0.2) is 0 Å². The molecular formula is C23H30N4O5S. The first kappa shape index (κ1) is 23.4. The third-order valence-electron chi connectivity index (χ3n) is 6.85. The average molecular weight is 475 g/mol. The van der Waals surface area contributed by atoms with E-state index in [4.69, 9.17) is 0 Å². The predicted octanol–water partition coefficient (Wildman–Crippen LogP) is 1.63. The Balaban J connectivity index is 1.32. The summed E-state index contributed by atoms with van der Waals surface area (Å²) in [7, 11) is -3.61. The Morgan fingerprint density at radius 1 is 1.09 bits per heavy atom. The van der Waals surface area contributed by atoms with Crippen LogP contribution in [-0.2, 0) is 19.6 Å². The minimum atomic E-state index is -3.61. The van der Waals surface area contributed by atoms with Crippen LogP contribution in [0, 0.1) is 5.92 Å². The van der Waals surface area contributed by atoms with Crippen molar-refractivity contribution in [3.8, 4) is 0 Å². The zero-order chi connectivity index (χ0) is 23.6. The van der Waals surface area contributed by atoms with Crippen LogP contribution < -0.4 is 5.32 Å². The Labute approximate surface area is 194 Å². The van der Waals surface area contributed by atoms with E-state index >= 15 is 0 Å². The smallest absolute Gasteiger partial charge is 0.325 e. The Hall–Kier alpha value is -2.72. The maximum Gasteiger partial charge on any atom is 0.325 e. The van der Waals surface area contributed by atoms with Crippen LogP contribution in [0.5, 0.6) is 0 Å². The molecule has 1 aromatic carbocycles. The van der Waals surface area contributed by atoms with Gasteiger partial charge < -0.3 is 10.2 Å². The van der Waals surface area contributed by atoms with E-state index in [9.17, 15) is 22.8 Å². The van der Waals surface area contributed by atoms with Gasteiger partial charge in [0.2, 0.25) is 15.9 Å². The van der Waals surface area contributed by atoms with E-state index in [2.05, 4.69) is 12.2 Å². The largest absolute Gasteiger partial charge is 0.338 e. The number of benzene rings is 1. The van der Waals surface area contributed by atoms with Crippen LogP contribution in [0.25, 0.3) is 6.08 Å². The average Bonchev–Trinajstić information content (AvgIpc) is 3.04. The normalized spacial score (nSPS) is 26.9. The van der Waals surface area contributed by atoms with Gasteiger partial charge in [-0.05, 0) is 43.2 Å². The Kier molecular flexibility index (Phi) is 6.58. The Morgan fingerprint density at radius 3 is 2.36 bits per heavy atom. The maximum absolute atomic E-state index is 13.0. The number of urea groups is 1. The van der Waals surface area contributed by atoms with Crippen molar-refractivity contribution in [3.05, 3.63) is 41.3 Å². The van der Waals surface area contributed by atoms with Crippen LogP contribution in [-0.4, -0.2) is 78.6 Å². The predicted molar refractivity (Wildman–Crippen MR) is 123 cm³/mol. The fraction of sp³-hybridized carbons (Fsp3) is 0.522. The summed E-state index contributed by atoms with van der Waals surface area (Å²) in [6.07, 6.45) is 4.46. The van der Waals surface area contributed by atoms with E-state index in [0.717, 1.165) is 23.3 Å². The van der Waals surface area contributed by atoms with Crippen LogP contribution in [0.2, 0.25) is 0 Å². The molecule has 0 atom stereocenters.